The minimum absolute atomic E-state index is 0.115. The number of rotatable bonds is 3. The molecule has 6 heteroatoms. The number of benzene rings is 2. The monoisotopic (exact) mass is 420 g/mol. The number of piperidine rings is 1. The Morgan fingerprint density at radius 2 is 1.88 bits per heavy atom. The molecule has 3 rings (SSSR count). The second-order valence-corrected chi connectivity index (χ2v) is 7.98. The van der Waals surface area contributed by atoms with Crippen LogP contribution in [-0.2, 0) is 5.60 Å². The van der Waals surface area contributed by atoms with Gasteiger partial charge in [0.1, 0.15) is 0 Å². The summed E-state index contributed by atoms with van der Waals surface area (Å²) in [5.74, 6) is 0. The number of hydrogen-bond acceptors (Lipinski definition) is 3. The Hall–Kier alpha value is -1.50. The summed E-state index contributed by atoms with van der Waals surface area (Å²) >= 11 is 5.06. The van der Waals surface area contributed by atoms with Gasteiger partial charge in [-0.2, -0.15) is 0 Å². The number of nitrogens with zero attached hydrogens (tertiary/aromatic N) is 1. The van der Waals surface area contributed by atoms with Crippen molar-refractivity contribution in [3.8, 4) is 0 Å². The molecule has 0 aliphatic carbocycles. The number of thioether (sulfide) groups is 1. The van der Waals surface area contributed by atoms with Crippen LogP contribution in [0.3, 0.4) is 0 Å². The summed E-state index contributed by atoms with van der Waals surface area (Å²) in [6.45, 7) is 1.06. The van der Waals surface area contributed by atoms with E-state index in [1.807, 2.05) is 54.8 Å². The molecule has 132 valence electrons. The molecule has 1 saturated heterocycles. The van der Waals surface area contributed by atoms with Crippen LogP contribution in [0, 0.1) is 0 Å². The molecule has 2 aromatic carbocycles. The molecule has 25 heavy (non-hydrogen) atoms. The normalized spacial score (nSPS) is 16.5. The van der Waals surface area contributed by atoms with Crippen LogP contribution in [0.4, 0.5) is 10.5 Å². The fraction of sp³-hybridized carbons (Fsp3) is 0.316. The van der Waals surface area contributed by atoms with E-state index in [2.05, 4.69) is 21.2 Å². The fourth-order valence-corrected chi connectivity index (χ4v) is 3.76. The summed E-state index contributed by atoms with van der Waals surface area (Å²) in [5, 5.41) is 13.9. The third-order valence-corrected chi connectivity index (χ3v) is 5.83. The molecule has 0 aromatic heterocycles. The molecule has 0 saturated carbocycles. The predicted octanol–water partition coefficient (Wildman–Crippen LogP) is 4.69. The molecule has 0 unspecified atom stereocenters. The molecule has 2 amide bonds. The Balaban J connectivity index is 1.61. The van der Waals surface area contributed by atoms with Crippen molar-refractivity contribution in [3.05, 3.63) is 58.6 Å². The number of nitrogens with one attached hydrogen (secondary N) is 1. The van der Waals surface area contributed by atoms with Gasteiger partial charge in [-0.05, 0) is 55.0 Å². The van der Waals surface area contributed by atoms with Gasteiger partial charge in [0.25, 0.3) is 0 Å². The second-order valence-electron chi connectivity index (χ2n) is 6.19. The molecule has 1 fully saturated rings. The largest absolute Gasteiger partial charge is 0.385 e. The van der Waals surface area contributed by atoms with Crippen LogP contribution in [0.15, 0.2) is 57.9 Å². The van der Waals surface area contributed by atoms with Crippen LogP contribution in [0.2, 0.25) is 0 Å². The van der Waals surface area contributed by atoms with Gasteiger partial charge in [-0.25, -0.2) is 4.79 Å². The van der Waals surface area contributed by atoms with E-state index in [0.29, 0.717) is 25.9 Å². The molecule has 2 aromatic rings. The zero-order chi connectivity index (χ0) is 17.9. The highest BCUT2D eigenvalue weighted by Gasteiger charge is 2.35. The first kappa shape index (κ1) is 18.3. The molecule has 4 nitrogen and oxygen atoms in total. The van der Waals surface area contributed by atoms with Crippen molar-refractivity contribution in [2.75, 3.05) is 24.7 Å². The molecule has 0 atom stereocenters. The molecule has 1 heterocycles. The van der Waals surface area contributed by atoms with Crippen LogP contribution in [0.5, 0.6) is 0 Å². The van der Waals surface area contributed by atoms with Crippen LogP contribution >= 0.6 is 27.7 Å². The highest BCUT2D eigenvalue weighted by atomic mass is 79.9. The van der Waals surface area contributed by atoms with Gasteiger partial charge in [-0.15, -0.1) is 11.8 Å². The van der Waals surface area contributed by atoms with E-state index in [-0.39, 0.29) is 6.03 Å². The van der Waals surface area contributed by atoms with E-state index in [1.54, 1.807) is 16.7 Å². The SMILES string of the molecule is CSc1cccc(NC(=O)N2CCC(O)(c3ccc(Br)cc3)CC2)c1. The summed E-state index contributed by atoms with van der Waals surface area (Å²) in [6, 6.07) is 15.4. The number of carbonyl (C=O) groups excluding carboxylic acids is 1. The van der Waals surface area contributed by atoms with Gasteiger partial charge in [0, 0.05) is 28.1 Å². The van der Waals surface area contributed by atoms with E-state index in [0.717, 1.165) is 20.6 Å². The molecule has 0 spiro atoms. The summed E-state index contributed by atoms with van der Waals surface area (Å²) < 4.78 is 0.990. The summed E-state index contributed by atoms with van der Waals surface area (Å²) in [5.41, 5.74) is 0.838. The first-order chi connectivity index (χ1) is 12.0. The summed E-state index contributed by atoms with van der Waals surface area (Å²) in [7, 11) is 0. The van der Waals surface area contributed by atoms with Crippen LogP contribution in [0.1, 0.15) is 18.4 Å². The molecular weight excluding hydrogens is 400 g/mol. The van der Waals surface area contributed by atoms with Crippen LogP contribution in [0.25, 0.3) is 0 Å². The van der Waals surface area contributed by atoms with Gasteiger partial charge in [0.2, 0.25) is 0 Å². The Bertz CT molecular complexity index is 743. The maximum Gasteiger partial charge on any atom is 0.321 e. The Morgan fingerprint density at radius 3 is 2.52 bits per heavy atom. The standard InChI is InChI=1S/C19H21BrN2O2S/c1-25-17-4-2-3-16(13-17)21-18(23)22-11-9-19(24,10-12-22)14-5-7-15(20)8-6-14/h2-8,13,24H,9-12H2,1H3,(H,21,23). The quantitative estimate of drug-likeness (QED) is 0.708. The minimum atomic E-state index is -0.865. The van der Waals surface area contributed by atoms with Crippen molar-refractivity contribution in [1.29, 1.82) is 0 Å². The number of amides is 2. The lowest BCUT2D eigenvalue weighted by Gasteiger charge is -2.38. The van der Waals surface area contributed by atoms with E-state index < -0.39 is 5.60 Å². The minimum Gasteiger partial charge on any atom is -0.385 e. The van der Waals surface area contributed by atoms with Gasteiger partial charge in [-0.3, -0.25) is 0 Å². The van der Waals surface area contributed by atoms with E-state index in [4.69, 9.17) is 0 Å². The molecule has 0 radical (unpaired) electrons. The Labute approximate surface area is 160 Å². The lowest BCUT2D eigenvalue weighted by Crippen LogP contribution is -2.46. The van der Waals surface area contributed by atoms with Crippen LogP contribution in [-0.4, -0.2) is 35.4 Å². The molecular formula is C19H21BrN2O2S. The number of aliphatic hydroxyl groups is 1. The number of carbonyl (C=O) groups is 1. The number of hydrogen-bond donors (Lipinski definition) is 2. The topological polar surface area (TPSA) is 52.6 Å². The average Bonchev–Trinajstić information content (AvgIpc) is 2.63. The lowest BCUT2D eigenvalue weighted by molar-refractivity contribution is -0.0157. The Kier molecular flexibility index (Phi) is 5.71. The van der Waals surface area contributed by atoms with Gasteiger partial charge >= 0.3 is 6.03 Å². The van der Waals surface area contributed by atoms with Gasteiger partial charge in [0.15, 0.2) is 0 Å². The van der Waals surface area contributed by atoms with Crippen LogP contribution < -0.4 is 5.32 Å². The van der Waals surface area contributed by atoms with Crippen molar-refractivity contribution in [1.82, 2.24) is 4.90 Å². The van der Waals surface area contributed by atoms with E-state index in [1.165, 1.54) is 0 Å². The maximum absolute atomic E-state index is 12.5. The van der Waals surface area contributed by atoms with E-state index >= 15 is 0 Å². The second kappa shape index (κ2) is 7.81. The van der Waals surface area contributed by atoms with Gasteiger partial charge in [-0.1, -0.05) is 34.1 Å². The van der Waals surface area contributed by atoms with E-state index in [9.17, 15) is 9.90 Å². The third-order valence-electron chi connectivity index (χ3n) is 4.58. The van der Waals surface area contributed by atoms with Crippen molar-refractivity contribution in [3.63, 3.8) is 0 Å². The van der Waals surface area contributed by atoms with Gasteiger partial charge in [0.05, 0.1) is 5.60 Å². The zero-order valence-corrected chi connectivity index (χ0v) is 16.4. The number of likely N-dealkylation sites (tertiary alicyclic amines) is 1. The third kappa shape index (κ3) is 4.37. The highest BCUT2D eigenvalue weighted by molar-refractivity contribution is 9.10. The lowest BCUT2D eigenvalue weighted by atomic mass is 9.84. The maximum atomic E-state index is 12.5. The molecule has 1 aliphatic rings. The smallest absolute Gasteiger partial charge is 0.321 e. The van der Waals surface area contributed by atoms with Gasteiger partial charge < -0.3 is 15.3 Å². The summed E-state index contributed by atoms with van der Waals surface area (Å²) in [4.78, 5) is 15.4. The fourth-order valence-electron chi connectivity index (χ4n) is 3.03. The van der Waals surface area contributed by atoms with Crippen molar-refractivity contribution >= 4 is 39.4 Å². The zero-order valence-electron chi connectivity index (χ0n) is 14.0. The molecule has 0 bridgehead atoms. The van der Waals surface area contributed by atoms with Crippen molar-refractivity contribution in [2.24, 2.45) is 0 Å². The highest BCUT2D eigenvalue weighted by Crippen LogP contribution is 2.33. The Morgan fingerprint density at radius 1 is 1.20 bits per heavy atom. The van der Waals surface area contributed by atoms with Crippen molar-refractivity contribution < 1.29 is 9.90 Å². The average molecular weight is 421 g/mol. The first-order valence-corrected chi connectivity index (χ1v) is 10.2. The number of anilines is 1. The molecule has 1 aliphatic heterocycles. The first-order valence-electron chi connectivity index (χ1n) is 8.18. The number of halogens is 1. The van der Waals surface area contributed by atoms with Crippen molar-refractivity contribution in [2.45, 2.75) is 23.3 Å². The number of urea groups is 1. The molecule has 2 N–H and O–H groups in total. The predicted molar refractivity (Wildman–Crippen MR) is 106 cm³/mol. The summed E-state index contributed by atoms with van der Waals surface area (Å²) in [6.07, 6.45) is 3.08.